The van der Waals surface area contributed by atoms with E-state index in [-0.39, 0.29) is 24.5 Å². The normalized spacial score (nSPS) is 15.5. The summed E-state index contributed by atoms with van der Waals surface area (Å²) in [6, 6.07) is 11.0. The van der Waals surface area contributed by atoms with Crippen molar-refractivity contribution < 1.29 is 28.6 Å². The van der Waals surface area contributed by atoms with E-state index >= 15 is 0 Å². The van der Waals surface area contributed by atoms with E-state index in [9.17, 15) is 14.4 Å². The third-order valence-corrected chi connectivity index (χ3v) is 4.90. The van der Waals surface area contributed by atoms with Crippen molar-refractivity contribution in [3.63, 3.8) is 0 Å². The summed E-state index contributed by atoms with van der Waals surface area (Å²) in [6.45, 7) is 5.33. The van der Waals surface area contributed by atoms with Crippen LogP contribution in [0.3, 0.4) is 0 Å². The predicted octanol–water partition coefficient (Wildman–Crippen LogP) is 3.34. The van der Waals surface area contributed by atoms with Crippen LogP contribution in [0.4, 0.5) is 4.79 Å². The van der Waals surface area contributed by atoms with Crippen molar-refractivity contribution in [2.75, 3.05) is 20.3 Å². The first-order chi connectivity index (χ1) is 15.3. The molecule has 0 bridgehead atoms. The molecule has 2 aromatic rings. The second-order valence-electron chi connectivity index (χ2n) is 7.37. The van der Waals surface area contributed by atoms with Gasteiger partial charge in [0, 0.05) is 0 Å². The van der Waals surface area contributed by atoms with Crippen molar-refractivity contribution in [1.29, 1.82) is 0 Å². The van der Waals surface area contributed by atoms with Crippen LogP contribution in [0.2, 0.25) is 0 Å². The van der Waals surface area contributed by atoms with Gasteiger partial charge in [-0.3, -0.25) is 0 Å². The van der Waals surface area contributed by atoms with Gasteiger partial charge < -0.3 is 24.8 Å². The Kier molecular flexibility index (Phi) is 7.14. The van der Waals surface area contributed by atoms with E-state index in [1.54, 1.807) is 50.4 Å². The fourth-order valence-corrected chi connectivity index (χ4v) is 3.54. The molecule has 0 saturated carbocycles. The molecular formula is C24H26N2O6. The van der Waals surface area contributed by atoms with Gasteiger partial charge in [0.15, 0.2) is 0 Å². The van der Waals surface area contributed by atoms with E-state index in [4.69, 9.17) is 14.2 Å². The maximum Gasteiger partial charge on any atom is 0.338 e. The van der Waals surface area contributed by atoms with Gasteiger partial charge in [0.1, 0.15) is 12.4 Å². The summed E-state index contributed by atoms with van der Waals surface area (Å²) in [5, 5.41) is 5.32. The molecule has 1 atom stereocenters. The average molecular weight is 438 g/mol. The maximum atomic E-state index is 12.8. The summed E-state index contributed by atoms with van der Waals surface area (Å²) in [4.78, 5) is 37.7. The van der Waals surface area contributed by atoms with Crippen LogP contribution in [0, 0.1) is 13.8 Å². The Balaban J connectivity index is 1.92. The Morgan fingerprint density at radius 3 is 2.22 bits per heavy atom. The van der Waals surface area contributed by atoms with Crippen LogP contribution >= 0.6 is 0 Å². The number of rotatable bonds is 7. The monoisotopic (exact) mass is 438 g/mol. The molecule has 0 aromatic heterocycles. The van der Waals surface area contributed by atoms with E-state index in [1.165, 1.54) is 0 Å². The third kappa shape index (κ3) is 5.26. The van der Waals surface area contributed by atoms with Gasteiger partial charge in [0.05, 0.1) is 36.6 Å². The van der Waals surface area contributed by atoms with E-state index in [1.807, 2.05) is 19.9 Å². The Labute approximate surface area is 186 Å². The molecule has 8 nitrogen and oxygen atoms in total. The fraction of sp³-hybridized carbons (Fsp3) is 0.292. The van der Waals surface area contributed by atoms with Crippen molar-refractivity contribution in [3.8, 4) is 5.75 Å². The molecule has 0 fully saturated rings. The van der Waals surface area contributed by atoms with Crippen LogP contribution in [0.25, 0.3) is 0 Å². The van der Waals surface area contributed by atoms with Crippen molar-refractivity contribution in [2.45, 2.75) is 26.8 Å². The molecule has 2 aromatic carbocycles. The number of nitrogens with one attached hydrogen (secondary N) is 2. The molecule has 1 aliphatic rings. The Morgan fingerprint density at radius 1 is 0.969 bits per heavy atom. The van der Waals surface area contributed by atoms with E-state index < -0.39 is 24.0 Å². The summed E-state index contributed by atoms with van der Waals surface area (Å²) < 4.78 is 15.8. The average Bonchev–Trinajstić information content (AvgIpc) is 2.76. The highest BCUT2D eigenvalue weighted by Crippen LogP contribution is 2.29. The number of urea groups is 1. The van der Waals surface area contributed by atoms with Crippen LogP contribution in [-0.4, -0.2) is 38.3 Å². The SMILES string of the molecule is CCOC(=O)C1=C(COC(=O)c2cc(C)cc(C)c2)NC(=O)NC1c1ccc(OC)cc1. The molecule has 0 spiro atoms. The first kappa shape index (κ1) is 22.9. The second kappa shape index (κ2) is 10.00. The molecule has 32 heavy (non-hydrogen) atoms. The summed E-state index contributed by atoms with van der Waals surface area (Å²) >= 11 is 0. The molecule has 0 radical (unpaired) electrons. The summed E-state index contributed by atoms with van der Waals surface area (Å²) in [6.07, 6.45) is 0. The van der Waals surface area contributed by atoms with Gasteiger partial charge in [-0.15, -0.1) is 0 Å². The number of methoxy groups -OCH3 is 1. The minimum atomic E-state index is -0.774. The number of carbonyl (C=O) groups is 3. The molecule has 8 heteroatoms. The first-order valence-corrected chi connectivity index (χ1v) is 10.2. The van der Waals surface area contributed by atoms with Crippen molar-refractivity contribution in [3.05, 3.63) is 76.0 Å². The van der Waals surface area contributed by atoms with E-state index in [2.05, 4.69) is 10.6 Å². The van der Waals surface area contributed by atoms with Gasteiger partial charge in [-0.05, 0) is 50.6 Å². The zero-order valence-corrected chi connectivity index (χ0v) is 18.5. The van der Waals surface area contributed by atoms with E-state index in [0.717, 1.165) is 11.1 Å². The standard InChI is InChI=1S/C24H26N2O6/c1-5-31-23(28)20-19(13-32-22(27)17-11-14(2)10-15(3)12-17)25-24(29)26-21(20)16-6-8-18(30-4)9-7-16/h6-12,21H,5,13H2,1-4H3,(H2,25,26,29). The van der Waals surface area contributed by atoms with Gasteiger partial charge in [-0.25, -0.2) is 14.4 Å². The summed E-state index contributed by atoms with van der Waals surface area (Å²) in [5.41, 5.74) is 3.25. The van der Waals surface area contributed by atoms with Crippen LogP contribution in [0.1, 0.15) is 40.0 Å². The molecule has 1 unspecified atom stereocenters. The second-order valence-corrected chi connectivity index (χ2v) is 7.37. The molecule has 0 saturated heterocycles. The number of aryl methyl sites for hydroxylation is 2. The Morgan fingerprint density at radius 2 is 1.62 bits per heavy atom. The number of hydrogen-bond donors (Lipinski definition) is 2. The fourth-order valence-electron chi connectivity index (χ4n) is 3.54. The van der Waals surface area contributed by atoms with Crippen molar-refractivity contribution in [1.82, 2.24) is 10.6 Å². The lowest BCUT2D eigenvalue weighted by molar-refractivity contribution is -0.139. The number of esters is 2. The lowest BCUT2D eigenvalue weighted by Gasteiger charge is -2.29. The third-order valence-electron chi connectivity index (χ3n) is 4.90. The number of carbonyl (C=O) groups excluding carboxylic acids is 3. The van der Waals surface area contributed by atoms with Gasteiger partial charge in [0.25, 0.3) is 0 Å². The minimum Gasteiger partial charge on any atom is -0.497 e. The highest BCUT2D eigenvalue weighted by Gasteiger charge is 2.34. The largest absolute Gasteiger partial charge is 0.497 e. The number of benzene rings is 2. The zero-order chi connectivity index (χ0) is 23.3. The Hall–Kier alpha value is -3.81. The predicted molar refractivity (Wildman–Crippen MR) is 117 cm³/mol. The number of ether oxygens (including phenoxy) is 3. The summed E-state index contributed by atoms with van der Waals surface area (Å²) in [7, 11) is 1.55. The van der Waals surface area contributed by atoms with Crippen LogP contribution < -0.4 is 15.4 Å². The molecule has 0 aliphatic carbocycles. The number of amides is 2. The molecule has 2 amide bonds. The van der Waals surface area contributed by atoms with Gasteiger partial charge in [-0.1, -0.05) is 29.3 Å². The van der Waals surface area contributed by atoms with Gasteiger partial charge in [-0.2, -0.15) is 0 Å². The smallest absolute Gasteiger partial charge is 0.338 e. The maximum absolute atomic E-state index is 12.8. The van der Waals surface area contributed by atoms with Crippen LogP contribution in [0.5, 0.6) is 5.75 Å². The van der Waals surface area contributed by atoms with Crippen LogP contribution in [0.15, 0.2) is 53.7 Å². The highest BCUT2D eigenvalue weighted by molar-refractivity contribution is 5.95. The molecule has 2 N–H and O–H groups in total. The van der Waals surface area contributed by atoms with Crippen LogP contribution in [-0.2, 0) is 14.3 Å². The van der Waals surface area contributed by atoms with Gasteiger partial charge >= 0.3 is 18.0 Å². The molecule has 1 heterocycles. The molecule has 168 valence electrons. The topological polar surface area (TPSA) is 103 Å². The quantitative estimate of drug-likeness (QED) is 0.643. The molecule has 1 aliphatic heterocycles. The van der Waals surface area contributed by atoms with Crippen molar-refractivity contribution >= 4 is 18.0 Å². The Bertz CT molecular complexity index is 1040. The van der Waals surface area contributed by atoms with E-state index in [0.29, 0.717) is 16.9 Å². The zero-order valence-electron chi connectivity index (χ0n) is 18.5. The number of hydrogen-bond acceptors (Lipinski definition) is 6. The minimum absolute atomic E-state index is 0.154. The lowest BCUT2D eigenvalue weighted by atomic mass is 9.95. The molecule has 3 rings (SSSR count). The first-order valence-electron chi connectivity index (χ1n) is 10.2. The lowest BCUT2D eigenvalue weighted by Crippen LogP contribution is -2.47. The summed E-state index contributed by atoms with van der Waals surface area (Å²) in [5.74, 6) is -0.530. The molecular weight excluding hydrogens is 412 g/mol. The van der Waals surface area contributed by atoms with Gasteiger partial charge in [0.2, 0.25) is 0 Å². The van der Waals surface area contributed by atoms with Crippen molar-refractivity contribution in [2.24, 2.45) is 0 Å². The highest BCUT2D eigenvalue weighted by atomic mass is 16.5.